The van der Waals surface area contributed by atoms with Crippen LogP contribution in [0.2, 0.25) is 10.0 Å². The lowest BCUT2D eigenvalue weighted by molar-refractivity contribution is 0.169. The number of ether oxygens (including phenoxy) is 1. The van der Waals surface area contributed by atoms with Crippen molar-refractivity contribution in [2.75, 3.05) is 25.1 Å². The average Bonchev–Trinajstić information content (AvgIpc) is 3.52. The summed E-state index contributed by atoms with van der Waals surface area (Å²) in [5.41, 5.74) is 1.86. The van der Waals surface area contributed by atoms with Gasteiger partial charge in [0.2, 0.25) is 0 Å². The standard InChI is InChI=1S/C24H23Cl2N5O3/c25-18-4-2-1-3-15(18)12-31-21-5-7-30(24(33)17(21)10-28-31)22-9-23(27-11-19(22)26)29-20(13-32)16-6-8-34-14-16/h1-5,7,9-11,16,20,32H,6,8,12-14H2,(H,27,29)/t16?,20-/m0/s1. The van der Waals surface area contributed by atoms with Crippen LogP contribution in [-0.4, -0.2) is 50.3 Å². The van der Waals surface area contributed by atoms with Crippen LogP contribution in [-0.2, 0) is 11.3 Å². The van der Waals surface area contributed by atoms with E-state index in [1.54, 1.807) is 23.1 Å². The number of nitrogens with one attached hydrogen (secondary N) is 1. The molecule has 1 aliphatic rings. The second kappa shape index (κ2) is 9.76. The summed E-state index contributed by atoms with van der Waals surface area (Å²) in [6, 6.07) is 10.9. The van der Waals surface area contributed by atoms with Crippen LogP contribution in [0.1, 0.15) is 12.0 Å². The van der Waals surface area contributed by atoms with E-state index in [-0.39, 0.29) is 24.1 Å². The van der Waals surface area contributed by atoms with Crippen LogP contribution in [0.3, 0.4) is 0 Å². The van der Waals surface area contributed by atoms with E-state index >= 15 is 0 Å². The van der Waals surface area contributed by atoms with Gasteiger partial charge >= 0.3 is 0 Å². The van der Waals surface area contributed by atoms with Gasteiger partial charge < -0.3 is 15.2 Å². The SMILES string of the molecule is O=c1c2cnn(Cc3ccccc3Cl)c2ccn1-c1cc(N[C@@H](CO)C2CCOC2)ncc1Cl. The molecule has 4 aromatic rings. The lowest BCUT2D eigenvalue weighted by atomic mass is 10.00. The van der Waals surface area contributed by atoms with E-state index in [2.05, 4.69) is 15.4 Å². The quantitative estimate of drug-likeness (QED) is 0.402. The second-order valence-electron chi connectivity index (χ2n) is 8.26. The molecular formula is C24H23Cl2N5O3. The van der Waals surface area contributed by atoms with Crippen LogP contribution in [0.5, 0.6) is 0 Å². The number of nitrogens with zero attached hydrogens (tertiary/aromatic N) is 4. The lowest BCUT2D eigenvalue weighted by Crippen LogP contribution is -2.33. The first-order valence-corrected chi connectivity index (χ1v) is 11.7. The van der Waals surface area contributed by atoms with Crippen LogP contribution in [0, 0.1) is 5.92 Å². The zero-order valence-electron chi connectivity index (χ0n) is 18.2. The van der Waals surface area contributed by atoms with Crippen molar-refractivity contribution in [3.63, 3.8) is 0 Å². The molecule has 1 fully saturated rings. The number of pyridine rings is 2. The van der Waals surface area contributed by atoms with Gasteiger partial charge in [0.25, 0.3) is 5.56 Å². The highest BCUT2D eigenvalue weighted by Gasteiger charge is 2.25. The van der Waals surface area contributed by atoms with Crippen LogP contribution in [0.25, 0.3) is 16.6 Å². The number of benzene rings is 1. The zero-order chi connectivity index (χ0) is 23.7. The summed E-state index contributed by atoms with van der Waals surface area (Å²) in [5, 5.41) is 18.9. The van der Waals surface area contributed by atoms with E-state index in [1.807, 2.05) is 30.3 Å². The van der Waals surface area contributed by atoms with Gasteiger partial charge in [0.1, 0.15) is 5.82 Å². The van der Waals surface area contributed by atoms with Crippen molar-refractivity contribution >= 4 is 39.9 Å². The van der Waals surface area contributed by atoms with Gasteiger partial charge in [-0.15, -0.1) is 0 Å². The van der Waals surface area contributed by atoms with Gasteiger partial charge in [0.15, 0.2) is 0 Å². The maximum Gasteiger partial charge on any atom is 0.266 e. The van der Waals surface area contributed by atoms with Crippen molar-refractivity contribution in [3.8, 4) is 5.69 Å². The van der Waals surface area contributed by atoms with Crippen LogP contribution >= 0.6 is 23.2 Å². The third-order valence-corrected chi connectivity index (χ3v) is 6.81. The fraction of sp³-hybridized carbons (Fsp3) is 0.292. The molecule has 3 aromatic heterocycles. The third-order valence-electron chi connectivity index (χ3n) is 6.15. The summed E-state index contributed by atoms with van der Waals surface area (Å²) in [4.78, 5) is 17.7. The summed E-state index contributed by atoms with van der Waals surface area (Å²) < 4.78 is 8.67. The predicted octanol–water partition coefficient (Wildman–Crippen LogP) is 3.75. The Morgan fingerprint density at radius 1 is 1.21 bits per heavy atom. The summed E-state index contributed by atoms with van der Waals surface area (Å²) >= 11 is 12.7. The van der Waals surface area contributed by atoms with Crippen LogP contribution < -0.4 is 10.9 Å². The minimum Gasteiger partial charge on any atom is -0.394 e. The molecule has 0 saturated carbocycles. The van der Waals surface area contributed by atoms with E-state index < -0.39 is 0 Å². The van der Waals surface area contributed by atoms with Crippen LogP contribution in [0.15, 0.2) is 59.8 Å². The smallest absolute Gasteiger partial charge is 0.266 e. The van der Waals surface area contributed by atoms with Crippen molar-refractivity contribution in [3.05, 3.63) is 81.0 Å². The number of hydrogen-bond donors (Lipinski definition) is 2. The van der Waals surface area contributed by atoms with E-state index in [4.69, 9.17) is 27.9 Å². The van der Waals surface area contributed by atoms with E-state index in [0.29, 0.717) is 52.2 Å². The highest BCUT2D eigenvalue weighted by atomic mass is 35.5. The predicted molar refractivity (Wildman–Crippen MR) is 132 cm³/mol. The first-order valence-electron chi connectivity index (χ1n) is 11.0. The number of halogens is 2. The Morgan fingerprint density at radius 2 is 2.06 bits per heavy atom. The number of aliphatic hydroxyl groups excluding tert-OH is 1. The third kappa shape index (κ3) is 4.42. The molecule has 5 rings (SSSR count). The highest BCUT2D eigenvalue weighted by molar-refractivity contribution is 6.32. The molecule has 10 heteroatoms. The Balaban J connectivity index is 1.47. The topological polar surface area (TPSA) is 94.2 Å². The van der Waals surface area contributed by atoms with Gasteiger partial charge in [-0.1, -0.05) is 41.4 Å². The van der Waals surface area contributed by atoms with Crippen molar-refractivity contribution in [2.24, 2.45) is 5.92 Å². The molecule has 1 saturated heterocycles. The van der Waals surface area contributed by atoms with E-state index in [1.165, 1.54) is 10.8 Å². The molecule has 1 aromatic carbocycles. The molecule has 1 aliphatic heterocycles. The molecule has 1 unspecified atom stereocenters. The van der Waals surface area contributed by atoms with Gasteiger partial charge in [-0.3, -0.25) is 14.0 Å². The van der Waals surface area contributed by atoms with Gasteiger partial charge in [-0.05, 0) is 24.1 Å². The minimum atomic E-state index is -0.246. The lowest BCUT2D eigenvalue weighted by Gasteiger charge is -2.22. The fourth-order valence-electron chi connectivity index (χ4n) is 4.25. The van der Waals surface area contributed by atoms with Crippen molar-refractivity contribution in [1.82, 2.24) is 19.3 Å². The maximum absolute atomic E-state index is 13.3. The summed E-state index contributed by atoms with van der Waals surface area (Å²) in [6.45, 7) is 1.67. The molecule has 176 valence electrons. The van der Waals surface area contributed by atoms with Gasteiger partial charge in [0, 0.05) is 29.8 Å². The molecule has 0 amide bonds. The van der Waals surface area contributed by atoms with Gasteiger partial charge in [-0.2, -0.15) is 5.10 Å². The summed E-state index contributed by atoms with van der Waals surface area (Å²) in [6.07, 6.45) is 5.60. The molecule has 0 aliphatic carbocycles. The largest absolute Gasteiger partial charge is 0.394 e. The van der Waals surface area contributed by atoms with Crippen molar-refractivity contribution < 1.29 is 9.84 Å². The Morgan fingerprint density at radius 3 is 2.82 bits per heavy atom. The molecule has 0 bridgehead atoms. The number of aliphatic hydroxyl groups is 1. The number of anilines is 1. The normalized spacial score (nSPS) is 16.7. The van der Waals surface area contributed by atoms with E-state index in [9.17, 15) is 9.90 Å². The fourth-order valence-corrected chi connectivity index (χ4v) is 4.64. The highest BCUT2D eigenvalue weighted by Crippen LogP contribution is 2.25. The van der Waals surface area contributed by atoms with E-state index in [0.717, 1.165) is 12.0 Å². The molecule has 4 heterocycles. The Labute approximate surface area is 205 Å². The summed E-state index contributed by atoms with van der Waals surface area (Å²) in [7, 11) is 0. The molecule has 8 nitrogen and oxygen atoms in total. The number of aromatic nitrogens is 4. The first kappa shape index (κ1) is 22.9. The van der Waals surface area contributed by atoms with Crippen LogP contribution in [0.4, 0.5) is 5.82 Å². The number of fused-ring (bicyclic) bond motifs is 1. The zero-order valence-corrected chi connectivity index (χ0v) is 19.7. The Bertz CT molecular complexity index is 1380. The molecule has 0 spiro atoms. The van der Waals surface area contributed by atoms with Gasteiger partial charge in [-0.25, -0.2) is 4.98 Å². The number of hydrogen-bond acceptors (Lipinski definition) is 6. The average molecular weight is 500 g/mol. The van der Waals surface area contributed by atoms with Crippen molar-refractivity contribution in [1.29, 1.82) is 0 Å². The first-order chi connectivity index (χ1) is 16.5. The van der Waals surface area contributed by atoms with Crippen molar-refractivity contribution in [2.45, 2.75) is 19.0 Å². The molecule has 2 atom stereocenters. The minimum absolute atomic E-state index is 0.0514. The molecule has 34 heavy (non-hydrogen) atoms. The maximum atomic E-state index is 13.3. The van der Waals surface area contributed by atoms with Gasteiger partial charge in [0.05, 0.1) is 59.8 Å². The number of rotatable bonds is 7. The summed E-state index contributed by atoms with van der Waals surface area (Å²) in [5.74, 6) is 0.709. The monoisotopic (exact) mass is 499 g/mol. The second-order valence-corrected chi connectivity index (χ2v) is 9.08. The molecule has 0 radical (unpaired) electrons. The molecular weight excluding hydrogens is 477 g/mol. The Hall–Kier alpha value is -2.91. The Kier molecular flexibility index (Phi) is 6.56. The molecule has 2 N–H and O–H groups in total.